The van der Waals surface area contributed by atoms with Crippen LogP contribution in [0.2, 0.25) is 0 Å². The smallest absolute Gasteiger partial charge is 0.338 e. The van der Waals surface area contributed by atoms with Gasteiger partial charge in [0.25, 0.3) is 0 Å². The largest absolute Gasteiger partial charge is 0.462 e. The Morgan fingerprint density at radius 2 is 1.08 bits per heavy atom. The van der Waals surface area contributed by atoms with Gasteiger partial charge in [-0.1, -0.05) is 0 Å². The van der Waals surface area contributed by atoms with Gasteiger partial charge in [-0.2, -0.15) is 0 Å². The first-order valence-electron chi connectivity index (χ1n) is 8.50. The van der Waals surface area contributed by atoms with Crippen LogP contribution in [0.25, 0.3) is 0 Å². The molecule has 0 fully saturated rings. The molecule has 0 bridgehead atoms. The molecule has 0 aliphatic rings. The summed E-state index contributed by atoms with van der Waals surface area (Å²) in [6.07, 6.45) is -0.518. The third kappa shape index (κ3) is 8.39. The predicted molar refractivity (Wildman–Crippen MR) is 91.7 cm³/mol. The molecule has 0 saturated carbocycles. The Hall–Kier alpha value is -2.00. The molecule has 0 aliphatic carbocycles. The maximum Gasteiger partial charge on any atom is 0.338 e. The van der Waals surface area contributed by atoms with Gasteiger partial charge >= 0.3 is 11.9 Å². The summed E-state index contributed by atoms with van der Waals surface area (Å²) in [4.78, 5) is 23.7. The first-order chi connectivity index (χ1) is 12.5. The fraction of sp³-hybridized carbons (Fsp3) is 0.556. The molecule has 8 nitrogen and oxygen atoms in total. The molecule has 0 saturated heterocycles. The topological polar surface area (TPSA) is 134 Å². The van der Waals surface area contributed by atoms with Crippen LogP contribution < -0.4 is 0 Å². The summed E-state index contributed by atoms with van der Waals surface area (Å²) in [5, 5.41) is 36.2. The highest BCUT2D eigenvalue weighted by molar-refractivity contribution is 5.93. The van der Waals surface area contributed by atoms with Gasteiger partial charge in [0.15, 0.2) is 0 Å². The van der Waals surface area contributed by atoms with Gasteiger partial charge in [-0.15, -0.1) is 0 Å². The molecule has 146 valence electrons. The molecule has 4 N–H and O–H groups in total. The van der Waals surface area contributed by atoms with E-state index in [4.69, 9.17) is 19.7 Å². The van der Waals surface area contributed by atoms with Crippen LogP contribution >= 0.6 is 0 Å². The van der Waals surface area contributed by atoms with Crippen LogP contribution in [0.4, 0.5) is 0 Å². The fourth-order valence-corrected chi connectivity index (χ4v) is 2.07. The minimum absolute atomic E-state index is 0.0277. The second-order valence-corrected chi connectivity index (χ2v) is 5.76. The molecule has 2 atom stereocenters. The van der Waals surface area contributed by atoms with Crippen LogP contribution in [-0.4, -0.2) is 71.0 Å². The molecular weight excluding hydrogens is 344 g/mol. The second kappa shape index (κ2) is 12.4. The lowest BCUT2D eigenvalue weighted by Crippen LogP contribution is -2.15. The Bertz CT molecular complexity index is 494. The van der Waals surface area contributed by atoms with E-state index in [9.17, 15) is 19.8 Å². The van der Waals surface area contributed by atoms with Crippen molar-refractivity contribution < 1.29 is 39.5 Å². The standard InChI is InChI=1S/C18H26O8/c19-9-5-15(21)7-11-25-17(23)13-1-2-14(4-3-13)18(24)26-12-8-16(22)6-10-20/h1-4,15-16,19-22H,5-12H2. The number of esters is 2. The molecule has 26 heavy (non-hydrogen) atoms. The number of hydrogen-bond acceptors (Lipinski definition) is 8. The molecule has 0 amide bonds. The number of aliphatic hydroxyl groups is 4. The number of carbonyl (C=O) groups excluding carboxylic acids is 2. The first-order valence-corrected chi connectivity index (χ1v) is 8.50. The third-order valence-corrected chi connectivity index (χ3v) is 3.65. The van der Waals surface area contributed by atoms with Crippen LogP contribution in [0.3, 0.4) is 0 Å². The molecule has 1 aromatic carbocycles. The van der Waals surface area contributed by atoms with E-state index in [1.165, 1.54) is 24.3 Å². The Kier molecular flexibility index (Phi) is 10.5. The SMILES string of the molecule is O=C(OCCC(O)CCO)c1ccc(C(=O)OCCC(O)CCO)cc1. The summed E-state index contributed by atoms with van der Waals surface area (Å²) in [5.41, 5.74) is 0.521. The summed E-state index contributed by atoms with van der Waals surface area (Å²) < 4.78 is 10.0. The number of carbonyl (C=O) groups is 2. The maximum atomic E-state index is 11.9. The molecule has 1 rings (SSSR count). The zero-order valence-corrected chi connectivity index (χ0v) is 14.5. The lowest BCUT2D eigenvalue weighted by atomic mass is 10.1. The average molecular weight is 370 g/mol. The summed E-state index contributed by atoms with van der Waals surface area (Å²) in [6, 6.07) is 5.74. The molecule has 0 heterocycles. The zero-order chi connectivity index (χ0) is 19.4. The van der Waals surface area contributed by atoms with E-state index in [1.807, 2.05) is 0 Å². The summed E-state index contributed by atoms with van der Waals surface area (Å²) in [6.45, 7) is -0.208. The van der Waals surface area contributed by atoms with Crippen molar-refractivity contribution in [3.63, 3.8) is 0 Å². The van der Waals surface area contributed by atoms with Crippen molar-refractivity contribution in [2.75, 3.05) is 26.4 Å². The number of hydrogen-bond donors (Lipinski definition) is 4. The predicted octanol–water partition coefficient (Wildman–Crippen LogP) is 0.267. The molecule has 8 heteroatoms. The highest BCUT2D eigenvalue weighted by Crippen LogP contribution is 2.09. The summed E-state index contributed by atoms with van der Waals surface area (Å²) in [5.74, 6) is -1.15. The quantitative estimate of drug-likeness (QED) is 0.385. The number of aliphatic hydroxyl groups excluding tert-OH is 4. The van der Waals surface area contributed by atoms with Crippen LogP contribution in [0.15, 0.2) is 24.3 Å². The summed E-state index contributed by atoms with van der Waals surface area (Å²) >= 11 is 0. The van der Waals surface area contributed by atoms with E-state index >= 15 is 0 Å². The van der Waals surface area contributed by atoms with Gasteiger partial charge in [0, 0.05) is 26.1 Å². The van der Waals surface area contributed by atoms with Crippen LogP contribution in [0, 0.1) is 0 Å². The van der Waals surface area contributed by atoms with Crippen molar-refractivity contribution in [1.82, 2.24) is 0 Å². The van der Waals surface area contributed by atoms with Crippen molar-refractivity contribution in [2.24, 2.45) is 0 Å². The monoisotopic (exact) mass is 370 g/mol. The molecule has 1 aromatic rings. The number of benzene rings is 1. The van der Waals surface area contributed by atoms with E-state index in [0.29, 0.717) is 0 Å². The van der Waals surface area contributed by atoms with E-state index in [-0.39, 0.29) is 63.2 Å². The van der Waals surface area contributed by atoms with Crippen LogP contribution in [-0.2, 0) is 9.47 Å². The van der Waals surface area contributed by atoms with Crippen LogP contribution in [0.5, 0.6) is 0 Å². The highest BCUT2D eigenvalue weighted by atomic mass is 16.5. The van der Waals surface area contributed by atoms with E-state index < -0.39 is 24.1 Å². The summed E-state index contributed by atoms with van der Waals surface area (Å²) in [7, 11) is 0. The van der Waals surface area contributed by atoms with Crippen molar-refractivity contribution in [3.05, 3.63) is 35.4 Å². The maximum absolute atomic E-state index is 11.9. The first kappa shape index (κ1) is 22.0. The van der Waals surface area contributed by atoms with Crippen molar-refractivity contribution in [2.45, 2.75) is 37.9 Å². The molecule has 0 radical (unpaired) electrons. The molecule has 0 spiro atoms. The second-order valence-electron chi connectivity index (χ2n) is 5.76. The molecule has 2 unspecified atom stereocenters. The third-order valence-electron chi connectivity index (χ3n) is 3.65. The molecular formula is C18H26O8. The number of ether oxygens (including phenoxy) is 2. The lowest BCUT2D eigenvalue weighted by Gasteiger charge is -2.10. The minimum atomic E-state index is -0.721. The Labute approximate surface area is 152 Å². The van der Waals surface area contributed by atoms with Gasteiger partial charge in [-0.3, -0.25) is 0 Å². The van der Waals surface area contributed by atoms with E-state index in [1.54, 1.807) is 0 Å². The molecule has 0 aliphatic heterocycles. The normalized spacial score (nSPS) is 13.1. The zero-order valence-electron chi connectivity index (χ0n) is 14.5. The van der Waals surface area contributed by atoms with Gasteiger partial charge in [0.2, 0.25) is 0 Å². The van der Waals surface area contributed by atoms with Gasteiger partial charge in [0.1, 0.15) is 0 Å². The minimum Gasteiger partial charge on any atom is -0.462 e. The van der Waals surface area contributed by atoms with Gasteiger partial charge in [0.05, 0.1) is 36.5 Å². The Morgan fingerprint density at radius 1 is 0.731 bits per heavy atom. The van der Waals surface area contributed by atoms with E-state index in [0.717, 1.165) is 0 Å². The van der Waals surface area contributed by atoms with Crippen molar-refractivity contribution in [3.8, 4) is 0 Å². The lowest BCUT2D eigenvalue weighted by molar-refractivity contribution is 0.0390. The Morgan fingerprint density at radius 3 is 1.38 bits per heavy atom. The van der Waals surface area contributed by atoms with E-state index in [2.05, 4.69) is 0 Å². The highest BCUT2D eigenvalue weighted by Gasteiger charge is 2.12. The number of rotatable bonds is 12. The van der Waals surface area contributed by atoms with Gasteiger partial charge in [-0.25, -0.2) is 9.59 Å². The van der Waals surface area contributed by atoms with Crippen molar-refractivity contribution in [1.29, 1.82) is 0 Å². The molecule has 0 aromatic heterocycles. The van der Waals surface area contributed by atoms with Gasteiger partial charge in [-0.05, 0) is 37.1 Å². The van der Waals surface area contributed by atoms with Gasteiger partial charge < -0.3 is 29.9 Å². The fourth-order valence-electron chi connectivity index (χ4n) is 2.07. The Balaban J connectivity index is 2.39. The average Bonchev–Trinajstić information content (AvgIpc) is 2.62. The van der Waals surface area contributed by atoms with Crippen LogP contribution in [0.1, 0.15) is 46.4 Å². The van der Waals surface area contributed by atoms with Crippen molar-refractivity contribution >= 4 is 11.9 Å².